The molecule has 1 amide bonds. The van der Waals surface area contributed by atoms with Crippen LogP contribution in [0.3, 0.4) is 0 Å². The Kier molecular flexibility index (Phi) is 5.52. The maximum atomic E-state index is 11.7. The van der Waals surface area contributed by atoms with E-state index in [-0.39, 0.29) is 17.9 Å². The molecule has 2 atom stereocenters. The molecule has 0 bridgehead atoms. The molecule has 3 heteroatoms. The normalized spacial score (nSPS) is 13.6. The van der Waals surface area contributed by atoms with Gasteiger partial charge in [0.15, 0.2) is 0 Å². The van der Waals surface area contributed by atoms with Crippen molar-refractivity contribution < 1.29 is 4.79 Å². The predicted octanol–water partition coefficient (Wildman–Crippen LogP) is 2.29. The summed E-state index contributed by atoms with van der Waals surface area (Å²) in [5.41, 5.74) is 14.1. The number of aryl methyl sites for hydroxylation is 1. The first kappa shape index (κ1) is 15.3. The van der Waals surface area contributed by atoms with Crippen LogP contribution in [-0.2, 0) is 17.6 Å². The second-order valence-corrected chi connectivity index (χ2v) is 5.39. The molecule has 0 radical (unpaired) electrons. The predicted molar refractivity (Wildman–Crippen MR) is 85.6 cm³/mol. The molecule has 0 saturated carbocycles. The Morgan fingerprint density at radius 2 is 1.43 bits per heavy atom. The molecule has 0 aliphatic rings. The van der Waals surface area contributed by atoms with Crippen LogP contribution in [0.5, 0.6) is 0 Å². The van der Waals surface area contributed by atoms with E-state index >= 15 is 0 Å². The zero-order chi connectivity index (χ0) is 15.1. The van der Waals surface area contributed by atoms with Gasteiger partial charge in [-0.2, -0.15) is 0 Å². The van der Waals surface area contributed by atoms with E-state index in [1.165, 1.54) is 5.56 Å². The summed E-state index contributed by atoms with van der Waals surface area (Å²) >= 11 is 0. The summed E-state index contributed by atoms with van der Waals surface area (Å²) in [7, 11) is 0. The molecule has 2 rings (SSSR count). The number of benzene rings is 2. The molecular weight excluding hydrogens is 260 g/mol. The fourth-order valence-electron chi connectivity index (χ4n) is 2.51. The second-order valence-electron chi connectivity index (χ2n) is 5.39. The van der Waals surface area contributed by atoms with E-state index in [9.17, 15) is 4.79 Å². The van der Waals surface area contributed by atoms with Crippen LogP contribution in [0.1, 0.15) is 17.5 Å². The van der Waals surface area contributed by atoms with E-state index in [4.69, 9.17) is 11.5 Å². The Bertz CT molecular complexity index is 554. The Morgan fingerprint density at radius 1 is 0.905 bits per heavy atom. The molecule has 21 heavy (non-hydrogen) atoms. The van der Waals surface area contributed by atoms with E-state index in [0.717, 1.165) is 18.4 Å². The first-order chi connectivity index (χ1) is 10.2. The third kappa shape index (κ3) is 4.72. The van der Waals surface area contributed by atoms with E-state index in [1.54, 1.807) is 0 Å². The van der Waals surface area contributed by atoms with Crippen LogP contribution >= 0.6 is 0 Å². The molecule has 0 heterocycles. The van der Waals surface area contributed by atoms with Crippen molar-refractivity contribution in [3.8, 4) is 0 Å². The van der Waals surface area contributed by atoms with Gasteiger partial charge < -0.3 is 11.5 Å². The summed E-state index contributed by atoms with van der Waals surface area (Å²) < 4.78 is 0. The lowest BCUT2D eigenvalue weighted by Crippen LogP contribution is -2.40. The molecule has 2 aromatic carbocycles. The van der Waals surface area contributed by atoms with Gasteiger partial charge in [-0.05, 0) is 30.4 Å². The number of carbonyl (C=O) groups excluding carboxylic acids is 1. The molecule has 0 aromatic heterocycles. The summed E-state index contributed by atoms with van der Waals surface area (Å²) in [4.78, 5) is 11.7. The fraction of sp³-hybridized carbons (Fsp3) is 0.278. The number of nitrogens with two attached hydrogens (primary N) is 2. The molecule has 2 aromatic rings. The highest BCUT2D eigenvalue weighted by Gasteiger charge is 2.23. The SMILES string of the molecule is NC(=O)C(Cc1ccccc1)C(N)CCc1ccccc1. The van der Waals surface area contributed by atoms with E-state index < -0.39 is 0 Å². The highest BCUT2D eigenvalue weighted by Crippen LogP contribution is 2.15. The van der Waals surface area contributed by atoms with Gasteiger partial charge in [0.2, 0.25) is 5.91 Å². The minimum absolute atomic E-state index is 0.220. The Balaban J connectivity index is 1.96. The maximum Gasteiger partial charge on any atom is 0.222 e. The van der Waals surface area contributed by atoms with E-state index in [0.29, 0.717) is 6.42 Å². The van der Waals surface area contributed by atoms with Gasteiger partial charge in [-0.1, -0.05) is 60.7 Å². The minimum atomic E-state index is -0.323. The summed E-state index contributed by atoms with van der Waals surface area (Å²) in [6.45, 7) is 0. The van der Waals surface area contributed by atoms with Crippen molar-refractivity contribution in [2.24, 2.45) is 17.4 Å². The quantitative estimate of drug-likeness (QED) is 0.818. The first-order valence-corrected chi connectivity index (χ1v) is 7.29. The molecule has 110 valence electrons. The number of hydrogen-bond donors (Lipinski definition) is 2. The molecule has 0 saturated heterocycles. The maximum absolute atomic E-state index is 11.7. The number of hydrogen-bond acceptors (Lipinski definition) is 2. The molecular formula is C18H22N2O. The molecule has 2 unspecified atom stereocenters. The van der Waals surface area contributed by atoms with Gasteiger partial charge in [0, 0.05) is 6.04 Å². The van der Waals surface area contributed by atoms with Crippen LogP contribution in [0.25, 0.3) is 0 Å². The zero-order valence-electron chi connectivity index (χ0n) is 12.1. The van der Waals surface area contributed by atoms with Crippen LogP contribution < -0.4 is 11.5 Å². The van der Waals surface area contributed by atoms with Gasteiger partial charge in [-0.3, -0.25) is 4.79 Å². The van der Waals surface area contributed by atoms with Crippen molar-refractivity contribution in [3.05, 3.63) is 71.8 Å². The zero-order valence-corrected chi connectivity index (χ0v) is 12.1. The standard InChI is InChI=1S/C18H22N2O/c19-17(12-11-14-7-3-1-4-8-14)16(18(20)21)13-15-9-5-2-6-10-15/h1-10,16-17H,11-13,19H2,(H2,20,21). The summed E-state index contributed by atoms with van der Waals surface area (Å²) in [6, 6.07) is 19.8. The summed E-state index contributed by atoms with van der Waals surface area (Å²) in [6.07, 6.45) is 2.22. The van der Waals surface area contributed by atoms with Gasteiger partial charge in [-0.15, -0.1) is 0 Å². The molecule has 4 N–H and O–H groups in total. The van der Waals surface area contributed by atoms with Crippen molar-refractivity contribution in [3.63, 3.8) is 0 Å². The number of amides is 1. The molecule has 0 spiro atoms. The topological polar surface area (TPSA) is 69.1 Å². The van der Waals surface area contributed by atoms with Gasteiger partial charge in [0.25, 0.3) is 0 Å². The van der Waals surface area contributed by atoms with Crippen molar-refractivity contribution in [1.29, 1.82) is 0 Å². The minimum Gasteiger partial charge on any atom is -0.369 e. The smallest absolute Gasteiger partial charge is 0.222 e. The molecule has 0 fully saturated rings. The van der Waals surface area contributed by atoms with Gasteiger partial charge in [0.05, 0.1) is 5.92 Å². The monoisotopic (exact) mass is 282 g/mol. The first-order valence-electron chi connectivity index (χ1n) is 7.29. The fourth-order valence-corrected chi connectivity index (χ4v) is 2.51. The Labute approximate surface area is 126 Å². The third-order valence-corrected chi connectivity index (χ3v) is 3.79. The van der Waals surface area contributed by atoms with E-state index in [2.05, 4.69) is 12.1 Å². The Hall–Kier alpha value is -2.13. The van der Waals surface area contributed by atoms with Crippen molar-refractivity contribution >= 4 is 5.91 Å². The average Bonchev–Trinajstić information content (AvgIpc) is 2.52. The molecule has 0 aliphatic heterocycles. The van der Waals surface area contributed by atoms with Crippen LogP contribution in [0.2, 0.25) is 0 Å². The summed E-state index contributed by atoms with van der Waals surface area (Å²) in [5.74, 6) is -0.643. The third-order valence-electron chi connectivity index (χ3n) is 3.79. The molecule has 3 nitrogen and oxygen atoms in total. The van der Waals surface area contributed by atoms with Gasteiger partial charge in [0.1, 0.15) is 0 Å². The van der Waals surface area contributed by atoms with Crippen molar-refractivity contribution in [1.82, 2.24) is 0 Å². The highest BCUT2D eigenvalue weighted by atomic mass is 16.1. The largest absolute Gasteiger partial charge is 0.369 e. The lowest BCUT2D eigenvalue weighted by atomic mass is 9.88. The average molecular weight is 282 g/mol. The van der Waals surface area contributed by atoms with Crippen molar-refractivity contribution in [2.75, 3.05) is 0 Å². The van der Waals surface area contributed by atoms with Crippen LogP contribution in [-0.4, -0.2) is 11.9 Å². The number of primary amides is 1. The van der Waals surface area contributed by atoms with Crippen LogP contribution in [0.15, 0.2) is 60.7 Å². The summed E-state index contributed by atoms with van der Waals surface area (Å²) in [5, 5.41) is 0. The molecule has 0 aliphatic carbocycles. The number of rotatable bonds is 7. The number of carbonyl (C=O) groups is 1. The second kappa shape index (κ2) is 7.60. The van der Waals surface area contributed by atoms with E-state index in [1.807, 2.05) is 48.5 Å². The van der Waals surface area contributed by atoms with Crippen LogP contribution in [0.4, 0.5) is 0 Å². The van der Waals surface area contributed by atoms with Gasteiger partial charge >= 0.3 is 0 Å². The van der Waals surface area contributed by atoms with Gasteiger partial charge in [-0.25, -0.2) is 0 Å². The highest BCUT2D eigenvalue weighted by molar-refractivity contribution is 5.77. The van der Waals surface area contributed by atoms with Crippen LogP contribution in [0, 0.1) is 5.92 Å². The lowest BCUT2D eigenvalue weighted by molar-refractivity contribution is -0.122. The lowest BCUT2D eigenvalue weighted by Gasteiger charge is -2.21. The Morgan fingerprint density at radius 3 is 1.95 bits per heavy atom. The van der Waals surface area contributed by atoms with Crippen molar-refractivity contribution in [2.45, 2.75) is 25.3 Å².